The molecule has 1 aromatic heterocycles. The number of rotatable bonds is 2. The Morgan fingerprint density at radius 1 is 1.33 bits per heavy atom. The van der Waals surface area contributed by atoms with Gasteiger partial charge in [-0.2, -0.15) is 5.10 Å². The van der Waals surface area contributed by atoms with Gasteiger partial charge in [0, 0.05) is 15.6 Å². The van der Waals surface area contributed by atoms with Crippen molar-refractivity contribution in [3.05, 3.63) is 40.5 Å². The van der Waals surface area contributed by atoms with Gasteiger partial charge in [0.05, 0.1) is 11.9 Å². The summed E-state index contributed by atoms with van der Waals surface area (Å²) in [5, 5.41) is 7.17. The zero-order chi connectivity index (χ0) is 10.8. The van der Waals surface area contributed by atoms with Crippen molar-refractivity contribution in [2.24, 2.45) is 0 Å². The molecule has 0 aliphatic rings. The van der Waals surface area contributed by atoms with Crippen LogP contribution in [0.2, 0.25) is 0 Å². The third-order valence-electron chi connectivity index (χ3n) is 2.40. The van der Waals surface area contributed by atoms with Gasteiger partial charge < -0.3 is 0 Å². The Labute approximate surface area is 97.8 Å². The van der Waals surface area contributed by atoms with E-state index in [0.717, 1.165) is 10.2 Å². The van der Waals surface area contributed by atoms with E-state index in [4.69, 9.17) is 0 Å². The molecule has 0 saturated carbocycles. The molecule has 2 rings (SSSR count). The Bertz CT molecular complexity index is 460. The van der Waals surface area contributed by atoms with Crippen LogP contribution in [0.1, 0.15) is 25.3 Å². The molecule has 0 unspecified atom stereocenters. The molecule has 1 heterocycles. The Morgan fingerprint density at radius 2 is 2.13 bits per heavy atom. The Balaban J connectivity index is 2.49. The Morgan fingerprint density at radius 3 is 2.80 bits per heavy atom. The molecule has 0 saturated heterocycles. The summed E-state index contributed by atoms with van der Waals surface area (Å²) >= 11 is 3.48. The fourth-order valence-electron chi connectivity index (χ4n) is 1.61. The smallest absolute Gasteiger partial charge is 0.0685 e. The topological polar surface area (TPSA) is 28.7 Å². The van der Waals surface area contributed by atoms with E-state index in [9.17, 15) is 0 Å². The first-order chi connectivity index (χ1) is 7.18. The van der Waals surface area contributed by atoms with Crippen LogP contribution in [-0.2, 0) is 0 Å². The monoisotopic (exact) mass is 264 g/mol. The molecule has 0 bridgehead atoms. The number of benzene rings is 1. The van der Waals surface area contributed by atoms with Crippen LogP contribution in [-0.4, -0.2) is 10.2 Å². The number of nitrogens with zero attached hydrogens (tertiary/aromatic N) is 1. The van der Waals surface area contributed by atoms with Crippen LogP contribution >= 0.6 is 15.9 Å². The van der Waals surface area contributed by atoms with Crippen LogP contribution in [0.25, 0.3) is 11.3 Å². The lowest BCUT2D eigenvalue weighted by Gasteiger charge is -2.06. The van der Waals surface area contributed by atoms with Crippen molar-refractivity contribution in [2.75, 3.05) is 0 Å². The van der Waals surface area contributed by atoms with E-state index in [1.54, 1.807) is 0 Å². The average Bonchev–Trinajstić information content (AvgIpc) is 2.65. The zero-order valence-corrected chi connectivity index (χ0v) is 10.4. The summed E-state index contributed by atoms with van der Waals surface area (Å²) in [6, 6.07) is 8.24. The van der Waals surface area contributed by atoms with Crippen LogP contribution in [0.3, 0.4) is 0 Å². The summed E-state index contributed by atoms with van der Waals surface area (Å²) in [7, 11) is 0. The van der Waals surface area contributed by atoms with E-state index in [1.165, 1.54) is 11.1 Å². The van der Waals surface area contributed by atoms with Gasteiger partial charge in [0.25, 0.3) is 0 Å². The summed E-state index contributed by atoms with van der Waals surface area (Å²) in [5.41, 5.74) is 3.55. The summed E-state index contributed by atoms with van der Waals surface area (Å²) in [6.07, 6.45) is 1.90. The molecule has 0 amide bonds. The molecule has 78 valence electrons. The lowest BCUT2D eigenvalue weighted by molar-refractivity contribution is 0.870. The standard InChI is InChI=1S/C12H13BrN2/c1-8(2)11-7-14-15-12(11)9-4-3-5-10(13)6-9/h3-8H,1-2H3,(H,14,15). The normalized spacial score (nSPS) is 10.9. The van der Waals surface area contributed by atoms with Gasteiger partial charge in [-0.3, -0.25) is 5.10 Å². The van der Waals surface area contributed by atoms with E-state index >= 15 is 0 Å². The maximum Gasteiger partial charge on any atom is 0.0685 e. The summed E-state index contributed by atoms with van der Waals surface area (Å²) < 4.78 is 1.09. The predicted octanol–water partition coefficient (Wildman–Crippen LogP) is 3.96. The largest absolute Gasteiger partial charge is 0.278 e. The second-order valence-electron chi connectivity index (χ2n) is 3.87. The highest BCUT2D eigenvalue weighted by Crippen LogP contribution is 2.28. The number of halogens is 1. The van der Waals surface area contributed by atoms with Gasteiger partial charge in [-0.1, -0.05) is 41.9 Å². The van der Waals surface area contributed by atoms with Crippen molar-refractivity contribution < 1.29 is 0 Å². The highest BCUT2D eigenvalue weighted by molar-refractivity contribution is 9.10. The third kappa shape index (κ3) is 2.12. The van der Waals surface area contributed by atoms with Crippen molar-refractivity contribution in [2.45, 2.75) is 19.8 Å². The zero-order valence-electron chi connectivity index (χ0n) is 8.79. The molecule has 0 fully saturated rings. The molecule has 1 aromatic carbocycles. The first-order valence-corrected chi connectivity index (χ1v) is 5.77. The molecule has 0 aliphatic carbocycles. The second-order valence-corrected chi connectivity index (χ2v) is 4.78. The Kier molecular flexibility index (Phi) is 2.91. The van der Waals surface area contributed by atoms with E-state index < -0.39 is 0 Å². The maximum absolute atomic E-state index is 4.11. The lowest BCUT2D eigenvalue weighted by atomic mass is 10.00. The van der Waals surface area contributed by atoms with Crippen LogP contribution < -0.4 is 0 Å². The van der Waals surface area contributed by atoms with Crippen LogP contribution in [0.5, 0.6) is 0 Å². The fourth-order valence-corrected chi connectivity index (χ4v) is 2.01. The van der Waals surface area contributed by atoms with E-state index in [0.29, 0.717) is 5.92 Å². The van der Waals surface area contributed by atoms with Gasteiger partial charge in [0.15, 0.2) is 0 Å². The summed E-state index contributed by atoms with van der Waals surface area (Å²) in [5.74, 6) is 0.484. The minimum atomic E-state index is 0.484. The molecular weight excluding hydrogens is 252 g/mol. The van der Waals surface area contributed by atoms with E-state index in [-0.39, 0.29) is 0 Å². The molecule has 0 aliphatic heterocycles. The average molecular weight is 265 g/mol. The first-order valence-electron chi connectivity index (χ1n) is 4.97. The molecule has 0 spiro atoms. The van der Waals surface area contributed by atoms with Crippen molar-refractivity contribution in [1.29, 1.82) is 0 Å². The number of H-pyrrole nitrogens is 1. The minimum absolute atomic E-state index is 0.484. The van der Waals surface area contributed by atoms with Crippen LogP contribution in [0.15, 0.2) is 34.9 Å². The number of aromatic amines is 1. The van der Waals surface area contributed by atoms with Crippen molar-refractivity contribution in [3.63, 3.8) is 0 Å². The lowest BCUT2D eigenvalue weighted by Crippen LogP contribution is -1.88. The van der Waals surface area contributed by atoms with Crippen molar-refractivity contribution in [3.8, 4) is 11.3 Å². The SMILES string of the molecule is CC(C)c1cn[nH]c1-c1cccc(Br)c1. The highest BCUT2D eigenvalue weighted by atomic mass is 79.9. The second kappa shape index (κ2) is 4.19. The van der Waals surface area contributed by atoms with Gasteiger partial charge in [0.2, 0.25) is 0 Å². The highest BCUT2D eigenvalue weighted by Gasteiger charge is 2.10. The van der Waals surface area contributed by atoms with Gasteiger partial charge in [-0.15, -0.1) is 0 Å². The summed E-state index contributed by atoms with van der Waals surface area (Å²) in [4.78, 5) is 0. The van der Waals surface area contributed by atoms with Gasteiger partial charge in [-0.25, -0.2) is 0 Å². The number of hydrogen-bond acceptors (Lipinski definition) is 1. The van der Waals surface area contributed by atoms with Crippen LogP contribution in [0.4, 0.5) is 0 Å². The molecule has 0 radical (unpaired) electrons. The molecule has 2 aromatic rings. The number of hydrogen-bond donors (Lipinski definition) is 1. The predicted molar refractivity (Wildman–Crippen MR) is 65.8 cm³/mol. The number of aromatic nitrogens is 2. The van der Waals surface area contributed by atoms with Gasteiger partial charge in [-0.05, 0) is 18.1 Å². The quantitative estimate of drug-likeness (QED) is 0.874. The van der Waals surface area contributed by atoms with Crippen molar-refractivity contribution in [1.82, 2.24) is 10.2 Å². The van der Waals surface area contributed by atoms with E-state index in [1.807, 2.05) is 18.3 Å². The fraction of sp³-hybridized carbons (Fsp3) is 0.250. The van der Waals surface area contributed by atoms with Gasteiger partial charge >= 0.3 is 0 Å². The first kappa shape index (κ1) is 10.4. The van der Waals surface area contributed by atoms with Crippen molar-refractivity contribution >= 4 is 15.9 Å². The molecule has 0 atom stereocenters. The molecular formula is C12H13BrN2. The molecule has 1 N–H and O–H groups in total. The third-order valence-corrected chi connectivity index (χ3v) is 2.90. The minimum Gasteiger partial charge on any atom is -0.278 e. The maximum atomic E-state index is 4.11. The number of nitrogens with one attached hydrogen (secondary N) is 1. The van der Waals surface area contributed by atoms with E-state index in [2.05, 4.69) is 52.1 Å². The molecule has 3 heteroatoms. The van der Waals surface area contributed by atoms with Crippen LogP contribution in [0, 0.1) is 0 Å². The van der Waals surface area contributed by atoms with Gasteiger partial charge in [0.1, 0.15) is 0 Å². The Hall–Kier alpha value is -1.09. The molecule has 2 nitrogen and oxygen atoms in total. The summed E-state index contributed by atoms with van der Waals surface area (Å²) in [6.45, 7) is 4.35. The molecule has 15 heavy (non-hydrogen) atoms.